The van der Waals surface area contributed by atoms with Crippen molar-refractivity contribution < 1.29 is 9.59 Å². The van der Waals surface area contributed by atoms with Crippen LogP contribution in [0.5, 0.6) is 0 Å². The minimum atomic E-state index is -0.462. The number of nitrogens with zero attached hydrogens (tertiary/aromatic N) is 3. The van der Waals surface area contributed by atoms with Crippen molar-refractivity contribution in [3.8, 4) is 6.07 Å². The van der Waals surface area contributed by atoms with Gasteiger partial charge in [-0.3, -0.25) is 14.0 Å². The van der Waals surface area contributed by atoms with E-state index in [-0.39, 0.29) is 11.5 Å². The molecule has 0 fully saturated rings. The lowest BCUT2D eigenvalue weighted by Crippen LogP contribution is -2.16. The summed E-state index contributed by atoms with van der Waals surface area (Å²) in [4.78, 5) is 30.0. The molecule has 0 unspecified atom stereocenters. The van der Waals surface area contributed by atoms with Gasteiger partial charge in [-0.1, -0.05) is 18.2 Å². The topological polar surface area (TPSA) is 99.3 Å². The number of hydrogen-bond acceptors (Lipinski definition) is 4. The van der Waals surface area contributed by atoms with Gasteiger partial charge in [0.25, 0.3) is 11.8 Å². The number of benzene rings is 2. The van der Waals surface area contributed by atoms with E-state index in [9.17, 15) is 9.59 Å². The van der Waals surface area contributed by atoms with E-state index < -0.39 is 11.8 Å². The molecule has 4 aromatic rings. The molecule has 4 rings (SSSR count). The number of anilines is 2. The Morgan fingerprint density at radius 2 is 1.70 bits per heavy atom. The number of amides is 2. The summed E-state index contributed by atoms with van der Waals surface area (Å²) < 4.78 is 1.57. The van der Waals surface area contributed by atoms with E-state index in [1.54, 1.807) is 59.1 Å². The maximum absolute atomic E-state index is 12.9. The van der Waals surface area contributed by atoms with Gasteiger partial charge >= 0.3 is 0 Å². The zero-order chi connectivity index (χ0) is 21.1. The highest BCUT2D eigenvalue weighted by molar-refractivity contribution is 6.10. The molecule has 2 heterocycles. The average Bonchev–Trinajstić information content (AvgIpc) is 3.14. The predicted octanol–water partition coefficient (Wildman–Crippen LogP) is 4.02. The number of aryl methyl sites for hydroxylation is 1. The lowest BCUT2D eigenvalue weighted by Gasteiger charge is -2.04. The minimum Gasteiger partial charge on any atom is -0.321 e. The molecule has 0 aliphatic carbocycles. The molecular formula is C23H17N5O2. The first-order valence-corrected chi connectivity index (χ1v) is 9.22. The Balaban J connectivity index is 1.65. The summed E-state index contributed by atoms with van der Waals surface area (Å²) in [5.74, 6) is -0.776. The number of nitriles is 1. The number of aromatic nitrogens is 2. The van der Waals surface area contributed by atoms with E-state index in [2.05, 4.69) is 15.6 Å². The smallest absolute Gasteiger partial charge is 0.292 e. The molecule has 30 heavy (non-hydrogen) atoms. The van der Waals surface area contributed by atoms with Crippen molar-refractivity contribution in [2.75, 3.05) is 10.6 Å². The summed E-state index contributed by atoms with van der Waals surface area (Å²) in [6.45, 7) is 1.94. The number of hydrogen-bond donors (Lipinski definition) is 2. The Labute approximate surface area is 172 Å². The van der Waals surface area contributed by atoms with Gasteiger partial charge in [0.05, 0.1) is 17.1 Å². The maximum Gasteiger partial charge on any atom is 0.292 e. The Morgan fingerprint density at radius 3 is 2.43 bits per heavy atom. The first-order chi connectivity index (χ1) is 14.5. The zero-order valence-corrected chi connectivity index (χ0v) is 16.1. The second kappa shape index (κ2) is 7.89. The van der Waals surface area contributed by atoms with Crippen LogP contribution in [0, 0.1) is 18.3 Å². The fourth-order valence-corrected chi connectivity index (χ4v) is 3.09. The third-order valence-electron chi connectivity index (χ3n) is 4.51. The van der Waals surface area contributed by atoms with E-state index in [0.717, 1.165) is 5.56 Å². The Bertz CT molecular complexity index is 1300. The maximum atomic E-state index is 12.9. The second-order valence-electron chi connectivity index (χ2n) is 6.71. The Hall–Kier alpha value is -4.44. The molecule has 0 radical (unpaired) electrons. The number of carbonyl (C=O) groups excluding carboxylic acids is 2. The van der Waals surface area contributed by atoms with Gasteiger partial charge in [-0.05, 0) is 61.0 Å². The number of carbonyl (C=O) groups is 2. The standard InChI is InChI=1S/C23H17N5O2/c1-15-5-4-6-18(13-15)26-22(29)20-19-7-2-3-12-28(19)21(27-20)23(30)25-17-10-8-16(14-24)9-11-17/h2-13H,1H3,(H,25,30)(H,26,29). The van der Waals surface area contributed by atoms with Gasteiger partial charge in [0, 0.05) is 17.6 Å². The summed E-state index contributed by atoms with van der Waals surface area (Å²) in [7, 11) is 0. The molecule has 2 aromatic heterocycles. The molecule has 2 amide bonds. The van der Waals surface area contributed by atoms with E-state index in [0.29, 0.717) is 22.5 Å². The van der Waals surface area contributed by atoms with E-state index in [4.69, 9.17) is 5.26 Å². The number of nitrogens with one attached hydrogen (secondary N) is 2. The summed E-state index contributed by atoms with van der Waals surface area (Å²) in [5.41, 5.74) is 3.37. The predicted molar refractivity (Wildman–Crippen MR) is 113 cm³/mol. The molecule has 2 N–H and O–H groups in total. The van der Waals surface area contributed by atoms with Gasteiger partial charge in [0.2, 0.25) is 5.82 Å². The quantitative estimate of drug-likeness (QED) is 0.545. The van der Waals surface area contributed by atoms with Crippen molar-refractivity contribution in [2.24, 2.45) is 0 Å². The fraction of sp³-hybridized carbons (Fsp3) is 0.0435. The first kappa shape index (κ1) is 18.9. The molecular weight excluding hydrogens is 378 g/mol. The summed E-state index contributed by atoms with van der Waals surface area (Å²) in [6.07, 6.45) is 1.68. The molecule has 0 aliphatic heterocycles. The van der Waals surface area contributed by atoms with Crippen LogP contribution >= 0.6 is 0 Å². The Morgan fingerprint density at radius 1 is 0.933 bits per heavy atom. The van der Waals surface area contributed by atoms with Crippen LogP contribution in [0.4, 0.5) is 11.4 Å². The number of pyridine rings is 1. The van der Waals surface area contributed by atoms with E-state index in [1.807, 2.05) is 31.2 Å². The zero-order valence-electron chi connectivity index (χ0n) is 16.1. The molecule has 0 bridgehead atoms. The highest BCUT2D eigenvalue weighted by Crippen LogP contribution is 2.18. The summed E-state index contributed by atoms with van der Waals surface area (Å²) >= 11 is 0. The Kier molecular flexibility index (Phi) is 4.97. The van der Waals surface area contributed by atoms with Gasteiger partial charge in [0.1, 0.15) is 0 Å². The van der Waals surface area contributed by atoms with Gasteiger partial charge in [-0.2, -0.15) is 5.26 Å². The molecule has 2 aromatic carbocycles. The second-order valence-corrected chi connectivity index (χ2v) is 6.71. The number of rotatable bonds is 4. The van der Waals surface area contributed by atoms with Crippen LogP contribution in [0.15, 0.2) is 72.9 Å². The van der Waals surface area contributed by atoms with Crippen LogP contribution in [0.1, 0.15) is 32.2 Å². The normalized spacial score (nSPS) is 10.4. The third kappa shape index (κ3) is 3.75. The van der Waals surface area contributed by atoms with Gasteiger partial charge in [-0.15, -0.1) is 0 Å². The molecule has 0 atom stereocenters. The number of imidazole rings is 1. The van der Waals surface area contributed by atoms with Crippen molar-refractivity contribution in [3.63, 3.8) is 0 Å². The van der Waals surface area contributed by atoms with Gasteiger partial charge in [-0.25, -0.2) is 4.98 Å². The van der Waals surface area contributed by atoms with Crippen LogP contribution in [-0.2, 0) is 0 Å². The van der Waals surface area contributed by atoms with Crippen LogP contribution < -0.4 is 10.6 Å². The first-order valence-electron chi connectivity index (χ1n) is 9.22. The van der Waals surface area contributed by atoms with Gasteiger partial charge in [0.15, 0.2) is 5.69 Å². The molecule has 146 valence electrons. The monoisotopic (exact) mass is 395 g/mol. The highest BCUT2D eigenvalue weighted by Gasteiger charge is 2.21. The van der Waals surface area contributed by atoms with Crippen LogP contribution in [-0.4, -0.2) is 21.2 Å². The number of fused-ring (bicyclic) bond motifs is 1. The van der Waals surface area contributed by atoms with E-state index in [1.165, 1.54) is 0 Å². The van der Waals surface area contributed by atoms with Gasteiger partial charge < -0.3 is 10.6 Å². The molecule has 0 aliphatic rings. The van der Waals surface area contributed by atoms with Crippen molar-refractivity contribution >= 4 is 28.7 Å². The lowest BCUT2D eigenvalue weighted by molar-refractivity contribution is 0.101. The van der Waals surface area contributed by atoms with Crippen LogP contribution in [0.2, 0.25) is 0 Å². The highest BCUT2D eigenvalue weighted by atomic mass is 16.2. The van der Waals surface area contributed by atoms with Crippen molar-refractivity contribution in [2.45, 2.75) is 6.92 Å². The molecule has 0 saturated carbocycles. The molecule has 7 heteroatoms. The SMILES string of the molecule is Cc1cccc(NC(=O)c2nc(C(=O)Nc3ccc(C#N)cc3)n3ccccc23)c1. The minimum absolute atomic E-state index is 0.0874. The van der Waals surface area contributed by atoms with Crippen molar-refractivity contribution in [1.29, 1.82) is 5.26 Å². The van der Waals surface area contributed by atoms with Crippen LogP contribution in [0.25, 0.3) is 5.52 Å². The molecule has 0 saturated heterocycles. The van der Waals surface area contributed by atoms with Crippen molar-refractivity contribution in [1.82, 2.24) is 9.38 Å². The molecule has 7 nitrogen and oxygen atoms in total. The largest absolute Gasteiger partial charge is 0.321 e. The van der Waals surface area contributed by atoms with Crippen molar-refractivity contribution in [3.05, 3.63) is 95.6 Å². The van der Waals surface area contributed by atoms with E-state index >= 15 is 0 Å². The fourth-order valence-electron chi connectivity index (χ4n) is 3.09. The molecule has 0 spiro atoms. The average molecular weight is 395 g/mol. The van der Waals surface area contributed by atoms with Crippen LogP contribution in [0.3, 0.4) is 0 Å². The summed E-state index contributed by atoms with van der Waals surface area (Å²) in [6, 6.07) is 21.2. The summed E-state index contributed by atoms with van der Waals surface area (Å²) in [5, 5.41) is 14.5. The third-order valence-corrected chi connectivity index (χ3v) is 4.51. The lowest BCUT2D eigenvalue weighted by atomic mass is 10.2.